The number of hydrogen-bond acceptors (Lipinski definition) is 2. The Morgan fingerprint density at radius 1 is 1.33 bits per heavy atom. The summed E-state index contributed by atoms with van der Waals surface area (Å²) >= 11 is 12.2. The molecular formula is C13H15Cl2N3. The van der Waals surface area contributed by atoms with Gasteiger partial charge in [0.15, 0.2) is 0 Å². The number of nitrogens with zero attached hydrogens (tertiary/aromatic N) is 2. The molecule has 0 fully saturated rings. The lowest BCUT2D eigenvalue weighted by molar-refractivity contribution is 0.736. The standard InChI is InChI=1S/C13H15Cl2N3/c1-8-7-12(17-18(8)3)16-9(2)10-5-4-6-11(14)13(10)15/h4-7,9H,1-3H3,(H,16,17). The van der Waals surface area contributed by atoms with Gasteiger partial charge in [-0.3, -0.25) is 4.68 Å². The molecule has 0 bridgehead atoms. The van der Waals surface area contributed by atoms with Crippen molar-refractivity contribution >= 4 is 29.0 Å². The van der Waals surface area contributed by atoms with Crippen molar-refractivity contribution < 1.29 is 0 Å². The topological polar surface area (TPSA) is 29.9 Å². The molecule has 1 unspecified atom stereocenters. The van der Waals surface area contributed by atoms with Gasteiger partial charge in [-0.15, -0.1) is 0 Å². The minimum Gasteiger partial charge on any atom is -0.362 e. The number of anilines is 1. The summed E-state index contributed by atoms with van der Waals surface area (Å²) in [4.78, 5) is 0. The van der Waals surface area contributed by atoms with E-state index in [1.807, 2.05) is 43.8 Å². The highest BCUT2D eigenvalue weighted by atomic mass is 35.5. The van der Waals surface area contributed by atoms with E-state index in [2.05, 4.69) is 10.4 Å². The highest BCUT2D eigenvalue weighted by molar-refractivity contribution is 6.42. The second kappa shape index (κ2) is 5.21. The number of rotatable bonds is 3. The van der Waals surface area contributed by atoms with Crippen molar-refractivity contribution in [3.8, 4) is 0 Å². The zero-order valence-electron chi connectivity index (χ0n) is 10.5. The van der Waals surface area contributed by atoms with E-state index in [1.165, 1.54) is 0 Å². The Hall–Kier alpha value is -1.19. The van der Waals surface area contributed by atoms with E-state index >= 15 is 0 Å². The van der Waals surface area contributed by atoms with Crippen LogP contribution in [0.4, 0.5) is 5.82 Å². The molecule has 0 radical (unpaired) electrons. The Morgan fingerprint density at radius 2 is 2.06 bits per heavy atom. The third kappa shape index (κ3) is 2.62. The number of aromatic nitrogens is 2. The molecule has 3 nitrogen and oxygen atoms in total. The predicted octanol–water partition coefficient (Wildman–Crippen LogP) is 4.21. The van der Waals surface area contributed by atoms with Gasteiger partial charge in [-0.05, 0) is 25.5 Å². The lowest BCUT2D eigenvalue weighted by Crippen LogP contribution is -2.08. The maximum atomic E-state index is 6.19. The van der Waals surface area contributed by atoms with Gasteiger partial charge in [-0.25, -0.2) is 0 Å². The molecule has 1 N–H and O–H groups in total. The van der Waals surface area contributed by atoms with Gasteiger partial charge >= 0.3 is 0 Å². The third-order valence-corrected chi connectivity index (χ3v) is 3.76. The quantitative estimate of drug-likeness (QED) is 0.915. The van der Waals surface area contributed by atoms with Gasteiger partial charge in [0.2, 0.25) is 0 Å². The Balaban J connectivity index is 2.21. The van der Waals surface area contributed by atoms with Crippen LogP contribution in [0.1, 0.15) is 24.2 Å². The monoisotopic (exact) mass is 283 g/mol. The van der Waals surface area contributed by atoms with E-state index in [1.54, 1.807) is 6.07 Å². The molecule has 1 aromatic carbocycles. The molecule has 0 aliphatic heterocycles. The van der Waals surface area contributed by atoms with Crippen molar-refractivity contribution in [2.75, 3.05) is 5.32 Å². The van der Waals surface area contributed by atoms with Crippen molar-refractivity contribution in [2.45, 2.75) is 19.9 Å². The Kier molecular flexibility index (Phi) is 3.83. The first-order valence-corrected chi connectivity index (χ1v) is 6.45. The van der Waals surface area contributed by atoms with E-state index in [4.69, 9.17) is 23.2 Å². The highest BCUT2D eigenvalue weighted by Crippen LogP contribution is 2.31. The number of benzene rings is 1. The fourth-order valence-electron chi connectivity index (χ4n) is 1.79. The Bertz CT molecular complexity index is 544. The van der Waals surface area contributed by atoms with Crippen molar-refractivity contribution in [3.63, 3.8) is 0 Å². The van der Waals surface area contributed by atoms with E-state index in [-0.39, 0.29) is 6.04 Å². The van der Waals surface area contributed by atoms with Crippen LogP contribution < -0.4 is 5.32 Å². The first-order chi connectivity index (χ1) is 8.49. The minimum atomic E-state index is 0.0468. The third-order valence-electron chi connectivity index (χ3n) is 2.93. The fraction of sp³-hybridized carbons (Fsp3) is 0.308. The van der Waals surface area contributed by atoms with Crippen LogP contribution in [-0.2, 0) is 7.05 Å². The molecule has 0 amide bonds. The second-order valence-corrected chi connectivity index (χ2v) is 5.09. The summed E-state index contributed by atoms with van der Waals surface area (Å²) in [5, 5.41) is 8.83. The first kappa shape index (κ1) is 13.2. The van der Waals surface area contributed by atoms with E-state index < -0.39 is 0 Å². The lowest BCUT2D eigenvalue weighted by Gasteiger charge is -2.15. The molecule has 2 aromatic rings. The van der Waals surface area contributed by atoms with Crippen molar-refractivity contribution in [1.29, 1.82) is 0 Å². The van der Waals surface area contributed by atoms with Crippen molar-refractivity contribution in [2.24, 2.45) is 7.05 Å². The van der Waals surface area contributed by atoms with Gasteiger partial charge in [-0.2, -0.15) is 5.10 Å². The largest absolute Gasteiger partial charge is 0.362 e. The second-order valence-electron chi connectivity index (χ2n) is 4.30. The highest BCUT2D eigenvalue weighted by Gasteiger charge is 2.13. The molecule has 5 heteroatoms. The number of aryl methyl sites for hydroxylation is 2. The summed E-state index contributed by atoms with van der Waals surface area (Å²) in [6, 6.07) is 7.68. The predicted molar refractivity (Wildman–Crippen MR) is 76.4 cm³/mol. The van der Waals surface area contributed by atoms with Crippen LogP contribution in [0.15, 0.2) is 24.3 Å². The lowest BCUT2D eigenvalue weighted by atomic mass is 10.1. The number of halogens is 2. The average Bonchev–Trinajstić information content (AvgIpc) is 2.61. The smallest absolute Gasteiger partial charge is 0.148 e. The molecule has 1 heterocycles. The van der Waals surface area contributed by atoms with E-state index in [9.17, 15) is 0 Å². The van der Waals surface area contributed by atoms with E-state index in [0.717, 1.165) is 17.1 Å². The van der Waals surface area contributed by atoms with Gasteiger partial charge < -0.3 is 5.32 Å². The summed E-state index contributed by atoms with van der Waals surface area (Å²) in [5.74, 6) is 0.832. The molecule has 1 atom stereocenters. The summed E-state index contributed by atoms with van der Waals surface area (Å²) in [7, 11) is 1.91. The van der Waals surface area contributed by atoms with Crippen LogP contribution in [0.25, 0.3) is 0 Å². The van der Waals surface area contributed by atoms with Crippen LogP contribution in [-0.4, -0.2) is 9.78 Å². The summed E-state index contributed by atoms with van der Waals surface area (Å²) in [5.41, 5.74) is 2.06. The van der Waals surface area contributed by atoms with Gasteiger partial charge in [0.1, 0.15) is 5.82 Å². The normalized spacial score (nSPS) is 12.5. The molecular weight excluding hydrogens is 269 g/mol. The van der Waals surface area contributed by atoms with Crippen LogP contribution in [0.2, 0.25) is 10.0 Å². The molecule has 0 aliphatic rings. The summed E-state index contributed by atoms with van der Waals surface area (Å²) < 4.78 is 1.83. The molecule has 0 spiro atoms. The molecule has 0 aliphatic carbocycles. The zero-order chi connectivity index (χ0) is 13.3. The molecule has 2 rings (SSSR count). The molecule has 1 aromatic heterocycles. The number of nitrogens with one attached hydrogen (secondary N) is 1. The maximum Gasteiger partial charge on any atom is 0.148 e. The summed E-state index contributed by atoms with van der Waals surface area (Å²) in [6.45, 7) is 4.04. The first-order valence-electron chi connectivity index (χ1n) is 5.70. The minimum absolute atomic E-state index is 0.0468. The zero-order valence-corrected chi connectivity index (χ0v) is 12.0. The molecule has 96 valence electrons. The van der Waals surface area contributed by atoms with Crippen molar-refractivity contribution in [3.05, 3.63) is 45.6 Å². The van der Waals surface area contributed by atoms with Crippen LogP contribution >= 0.6 is 23.2 Å². The average molecular weight is 284 g/mol. The van der Waals surface area contributed by atoms with Crippen molar-refractivity contribution in [1.82, 2.24) is 9.78 Å². The summed E-state index contributed by atoms with van der Waals surface area (Å²) in [6.07, 6.45) is 0. The molecule has 0 saturated carbocycles. The Morgan fingerprint density at radius 3 is 2.67 bits per heavy atom. The van der Waals surface area contributed by atoms with Crippen LogP contribution in [0.5, 0.6) is 0 Å². The fourth-order valence-corrected chi connectivity index (χ4v) is 2.26. The van der Waals surface area contributed by atoms with Gasteiger partial charge in [-0.1, -0.05) is 35.3 Å². The van der Waals surface area contributed by atoms with Gasteiger partial charge in [0.05, 0.1) is 16.1 Å². The van der Waals surface area contributed by atoms with Gasteiger partial charge in [0, 0.05) is 18.8 Å². The number of hydrogen-bond donors (Lipinski definition) is 1. The van der Waals surface area contributed by atoms with Crippen LogP contribution in [0.3, 0.4) is 0 Å². The molecule has 0 saturated heterocycles. The SMILES string of the molecule is Cc1cc(NC(C)c2cccc(Cl)c2Cl)nn1C. The van der Waals surface area contributed by atoms with Crippen LogP contribution in [0, 0.1) is 6.92 Å². The maximum absolute atomic E-state index is 6.19. The molecule has 18 heavy (non-hydrogen) atoms. The Labute approximate surface area is 117 Å². The van der Waals surface area contributed by atoms with Gasteiger partial charge in [0.25, 0.3) is 0 Å². The van der Waals surface area contributed by atoms with E-state index in [0.29, 0.717) is 10.0 Å².